The van der Waals surface area contributed by atoms with Crippen molar-refractivity contribution in [1.29, 1.82) is 0 Å². The fourth-order valence-corrected chi connectivity index (χ4v) is 5.24. The van der Waals surface area contributed by atoms with Gasteiger partial charge in [-0.3, -0.25) is 4.79 Å². The third-order valence-electron chi connectivity index (χ3n) is 5.88. The molecule has 8 heteroatoms. The van der Waals surface area contributed by atoms with Gasteiger partial charge < -0.3 is 15.8 Å². The fourth-order valence-electron chi connectivity index (χ4n) is 3.91. The zero-order valence-corrected chi connectivity index (χ0v) is 21.8. The number of nitrogens with zero attached hydrogens (tertiary/aromatic N) is 1. The standard InChI is InChI=1S/C28H21Cl2N3O2S/c1-15-3-10-19(13-22(15)30)32-27(34)26-25(31)24-21(16-4-8-18(29)9-5-16)14-23(33-28(24)36-26)17-6-11-20(35-2)12-7-17/h3-14H,31H2,1-2H3,(H,32,34). The summed E-state index contributed by atoms with van der Waals surface area (Å²) in [6.07, 6.45) is 0. The summed E-state index contributed by atoms with van der Waals surface area (Å²) in [4.78, 5) is 19.2. The Bertz CT molecular complexity index is 1600. The predicted octanol–water partition coefficient (Wildman–Crippen LogP) is 8.09. The number of methoxy groups -OCH3 is 1. The van der Waals surface area contributed by atoms with E-state index >= 15 is 0 Å². The second-order valence-electron chi connectivity index (χ2n) is 8.23. The zero-order chi connectivity index (χ0) is 25.4. The molecule has 180 valence electrons. The van der Waals surface area contributed by atoms with Crippen molar-refractivity contribution in [1.82, 2.24) is 4.98 Å². The fraction of sp³-hybridized carbons (Fsp3) is 0.0714. The van der Waals surface area contributed by atoms with Gasteiger partial charge in [0.15, 0.2) is 0 Å². The molecule has 5 nitrogen and oxygen atoms in total. The Morgan fingerprint density at radius 3 is 2.33 bits per heavy atom. The zero-order valence-electron chi connectivity index (χ0n) is 19.4. The molecular weight excluding hydrogens is 513 g/mol. The number of aromatic nitrogens is 1. The van der Waals surface area contributed by atoms with Gasteiger partial charge in [-0.2, -0.15) is 0 Å². The van der Waals surface area contributed by atoms with E-state index in [1.54, 1.807) is 13.2 Å². The van der Waals surface area contributed by atoms with E-state index in [1.165, 1.54) is 11.3 Å². The highest BCUT2D eigenvalue weighted by atomic mass is 35.5. The second-order valence-corrected chi connectivity index (χ2v) is 10.1. The highest BCUT2D eigenvalue weighted by molar-refractivity contribution is 7.21. The van der Waals surface area contributed by atoms with Crippen molar-refractivity contribution in [3.63, 3.8) is 0 Å². The van der Waals surface area contributed by atoms with Crippen LogP contribution in [0.2, 0.25) is 10.0 Å². The lowest BCUT2D eigenvalue weighted by molar-refractivity contribution is 0.103. The first-order chi connectivity index (χ1) is 17.3. The summed E-state index contributed by atoms with van der Waals surface area (Å²) in [6.45, 7) is 1.91. The van der Waals surface area contributed by atoms with Gasteiger partial charge in [-0.05, 0) is 78.2 Å². The van der Waals surface area contributed by atoms with Crippen LogP contribution in [-0.4, -0.2) is 18.0 Å². The van der Waals surface area contributed by atoms with Crippen LogP contribution in [0.15, 0.2) is 72.8 Å². The summed E-state index contributed by atoms with van der Waals surface area (Å²) < 4.78 is 5.29. The van der Waals surface area contributed by atoms with E-state index in [0.29, 0.717) is 31.1 Å². The molecule has 0 aliphatic carbocycles. The number of nitrogen functional groups attached to an aromatic ring is 1. The number of anilines is 2. The highest BCUT2D eigenvalue weighted by Gasteiger charge is 2.22. The molecule has 3 aromatic carbocycles. The number of carbonyl (C=O) groups is 1. The Kier molecular flexibility index (Phi) is 6.58. The number of thiophene rings is 1. The summed E-state index contributed by atoms with van der Waals surface area (Å²) in [5.41, 5.74) is 12.0. The maximum absolute atomic E-state index is 13.2. The molecule has 0 saturated heterocycles. The molecule has 3 N–H and O–H groups in total. The number of nitrogens with one attached hydrogen (secondary N) is 1. The van der Waals surface area contributed by atoms with Crippen LogP contribution < -0.4 is 15.8 Å². The van der Waals surface area contributed by atoms with E-state index in [-0.39, 0.29) is 5.91 Å². The Morgan fingerprint density at radius 1 is 0.972 bits per heavy atom. The summed E-state index contributed by atoms with van der Waals surface area (Å²) >= 11 is 13.6. The molecule has 0 aliphatic rings. The minimum atomic E-state index is -0.316. The van der Waals surface area contributed by atoms with Crippen molar-refractivity contribution in [2.45, 2.75) is 6.92 Å². The molecule has 1 amide bonds. The van der Waals surface area contributed by atoms with E-state index in [1.807, 2.05) is 73.7 Å². The van der Waals surface area contributed by atoms with Crippen molar-refractivity contribution < 1.29 is 9.53 Å². The number of pyridine rings is 1. The van der Waals surface area contributed by atoms with Gasteiger partial charge in [-0.15, -0.1) is 11.3 Å². The summed E-state index contributed by atoms with van der Waals surface area (Å²) in [5, 5.41) is 4.84. The Morgan fingerprint density at radius 2 is 1.67 bits per heavy atom. The highest BCUT2D eigenvalue weighted by Crippen LogP contribution is 2.42. The predicted molar refractivity (Wildman–Crippen MR) is 151 cm³/mol. The molecule has 5 aromatic rings. The molecule has 0 aliphatic heterocycles. The van der Waals surface area contributed by atoms with Gasteiger partial charge in [0.05, 0.1) is 18.5 Å². The van der Waals surface area contributed by atoms with Gasteiger partial charge in [0.1, 0.15) is 15.5 Å². The van der Waals surface area contributed by atoms with Gasteiger partial charge >= 0.3 is 0 Å². The number of nitrogens with two attached hydrogens (primary N) is 1. The Balaban J connectivity index is 1.64. The van der Waals surface area contributed by atoms with Crippen LogP contribution in [0.5, 0.6) is 5.75 Å². The molecule has 0 atom stereocenters. The molecule has 0 radical (unpaired) electrons. The van der Waals surface area contributed by atoms with E-state index < -0.39 is 0 Å². The number of fused-ring (bicyclic) bond motifs is 1. The molecule has 36 heavy (non-hydrogen) atoms. The summed E-state index contributed by atoms with van der Waals surface area (Å²) in [7, 11) is 1.63. The van der Waals surface area contributed by atoms with Crippen LogP contribution in [0.25, 0.3) is 32.6 Å². The van der Waals surface area contributed by atoms with Gasteiger partial charge in [0, 0.05) is 26.7 Å². The number of halogens is 2. The first-order valence-corrected chi connectivity index (χ1v) is 12.6. The van der Waals surface area contributed by atoms with Crippen LogP contribution in [0.4, 0.5) is 11.4 Å². The SMILES string of the molecule is COc1ccc(-c2cc(-c3ccc(Cl)cc3)c3c(N)c(C(=O)Nc4ccc(C)c(Cl)c4)sc3n2)cc1. The molecule has 5 rings (SSSR count). The smallest absolute Gasteiger partial charge is 0.267 e. The Hall–Kier alpha value is -3.58. The molecule has 0 saturated carbocycles. The molecule has 0 unspecified atom stereocenters. The lowest BCUT2D eigenvalue weighted by Gasteiger charge is -2.10. The quantitative estimate of drug-likeness (QED) is 0.239. The van der Waals surface area contributed by atoms with E-state index in [4.69, 9.17) is 38.7 Å². The third-order valence-corrected chi connectivity index (χ3v) is 7.63. The van der Waals surface area contributed by atoms with Crippen LogP contribution >= 0.6 is 34.5 Å². The van der Waals surface area contributed by atoms with Crippen molar-refractivity contribution in [3.05, 3.63) is 93.3 Å². The average molecular weight is 534 g/mol. The number of aryl methyl sites for hydroxylation is 1. The van der Waals surface area contributed by atoms with Crippen molar-refractivity contribution in [3.8, 4) is 28.1 Å². The van der Waals surface area contributed by atoms with E-state index in [2.05, 4.69) is 5.32 Å². The van der Waals surface area contributed by atoms with Gasteiger partial charge in [-0.25, -0.2) is 4.98 Å². The third kappa shape index (κ3) is 4.63. The minimum absolute atomic E-state index is 0.316. The molecule has 0 bridgehead atoms. The lowest BCUT2D eigenvalue weighted by Crippen LogP contribution is -2.12. The first kappa shape index (κ1) is 24.1. The molecule has 2 aromatic heterocycles. The number of hydrogen-bond acceptors (Lipinski definition) is 5. The van der Waals surface area contributed by atoms with Gasteiger partial charge in [-0.1, -0.05) is 41.4 Å². The number of carbonyl (C=O) groups excluding carboxylic acids is 1. The average Bonchev–Trinajstić information content (AvgIpc) is 3.23. The first-order valence-electron chi connectivity index (χ1n) is 11.0. The second kappa shape index (κ2) is 9.82. The number of rotatable bonds is 5. The largest absolute Gasteiger partial charge is 0.497 e. The number of hydrogen-bond donors (Lipinski definition) is 2. The Labute approximate surface area is 222 Å². The maximum Gasteiger partial charge on any atom is 0.267 e. The van der Waals surface area contributed by atoms with E-state index in [0.717, 1.165) is 39.1 Å². The molecular formula is C28H21Cl2N3O2S. The molecule has 2 heterocycles. The van der Waals surface area contributed by atoms with Crippen LogP contribution in [0, 0.1) is 6.92 Å². The normalized spacial score (nSPS) is 11.0. The van der Waals surface area contributed by atoms with Crippen LogP contribution in [-0.2, 0) is 0 Å². The van der Waals surface area contributed by atoms with E-state index in [9.17, 15) is 4.79 Å². The van der Waals surface area contributed by atoms with Gasteiger partial charge in [0.2, 0.25) is 0 Å². The monoisotopic (exact) mass is 533 g/mol. The van der Waals surface area contributed by atoms with Crippen molar-refractivity contribution in [2.75, 3.05) is 18.2 Å². The molecule has 0 fully saturated rings. The number of amides is 1. The summed E-state index contributed by atoms with van der Waals surface area (Å²) in [5.74, 6) is 0.441. The van der Waals surface area contributed by atoms with Crippen molar-refractivity contribution >= 4 is 62.0 Å². The lowest BCUT2D eigenvalue weighted by atomic mass is 9.99. The maximum atomic E-state index is 13.2. The number of benzene rings is 3. The topological polar surface area (TPSA) is 77.2 Å². The minimum Gasteiger partial charge on any atom is -0.497 e. The molecule has 0 spiro atoms. The van der Waals surface area contributed by atoms with Gasteiger partial charge in [0.25, 0.3) is 5.91 Å². The van der Waals surface area contributed by atoms with Crippen LogP contribution in [0.1, 0.15) is 15.2 Å². The van der Waals surface area contributed by atoms with Crippen LogP contribution in [0.3, 0.4) is 0 Å². The number of ether oxygens (including phenoxy) is 1. The summed E-state index contributed by atoms with van der Waals surface area (Å²) in [6, 6.07) is 22.6. The van der Waals surface area contributed by atoms with Crippen molar-refractivity contribution in [2.24, 2.45) is 0 Å².